The Morgan fingerprint density at radius 3 is 2.46 bits per heavy atom. The summed E-state index contributed by atoms with van der Waals surface area (Å²) in [5.74, 6) is 0.683. The van der Waals surface area contributed by atoms with E-state index in [1.165, 1.54) is 38.5 Å². The van der Waals surface area contributed by atoms with Crippen molar-refractivity contribution in [3.63, 3.8) is 0 Å². The zero-order valence-corrected chi connectivity index (χ0v) is 23.4. The van der Waals surface area contributed by atoms with Crippen molar-refractivity contribution in [1.82, 2.24) is 9.88 Å². The van der Waals surface area contributed by atoms with E-state index >= 15 is 4.39 Å². The van der Waals surface area contributed by atoms with Crippen LogP contribution in [-0.2, 0) is 14.8 Å². The molecule has 1 aromatic heterocycles. The smallest absolute Gasteiger partial charge is 0.265 e. The summed E-state index contributed by atoms with van der Waals surface area (Å²) in [6.45, 7) is 4.39. The summed E-state index contributed by atoms with van der Waals surface area (Å²) < 4.78 is 71.2. The molecule has 41 heavy (non-hydrogen) atoms. The van der Waals surface area contributed by atoms with Gasteiger partial charge in [0.15, 0.2) is 23.1 Å². The Hall–Kier alpha value is -4.13. The Kier molecular flexibility index (Phi) is 8.72. The fourth-order valence-electron chi connectivity index (χ4n) is 4.42. The number of rotatable bonds is 11. The van der Waals surface area contributed by atoms with E-state index in [4.69, 9.17) is 23.7 Å². The third-order valence-corrected chi connectivity index (χ3v) is 7.94. The number of ether oxygens (including phenoxy) is 5. The monoisotopic (exact) mass is 583 g/mol. The Bertz CT molecular complexity index is 1630. The predicted octanol–water partition coefficient (Wildman–Crippen LogP) is 4.70. The fourth-order valence-corrected chi connectivity index (χ4v) is 5.64. The lowest BCUT2D eigenvalue weighted by Gasteiger charge is -2.26. The minimum atomic E-state index is -4.02. The number of hydrogen-bond donors (Lipinski definition) is 1. The van der Waals surface area contributed by atoms with Gasteiger partial charge in [-0.3, -0.25) is 14.6 Å². The molecule has 1 N–H and O–H groups in total. The highest BCUT2D eigenvalue weighted by molar-refractivity contribution is 7.92. The summed E-state index contributed by atoms with van der Waals surface area (Å²) in [6.07, 6.45) is 1.55. The third kappa shape index (κ3) is 6.62. The molecule has 2 heterocycles. The minimum absolute atomic E-state index is 0.0286. The number of hydrogen-bond acceptors (Lipinski definition) is 9. The Balaban J connectivity index is 1.33. The van der Waals surface area contributed by atoms with E-state index in [-0.39, 0.29) is 22.1 Å². The van der Waals surface area contributed by atoms with Gasteiger partial charge in [0.1, 0.15) is 23.0 Å². The zero-order chi connectivity index (χ0) is 28.8. The molecule has 1 aliphatic rings. The minimum Gasteiger partial charge on any atom is -0.495 e. The fraction of sp³-hybridized carbons (Fsp3) is 0.276. The Labute approximate surface area is 237 Å². The maximum atomic E-state index is 15.1. The second-order valence-corrected chi connectivity index (χ2v) is 10.8. The highest BCUT2D eigenvalue weighted by atomic mass is 32.2. The normalized spacial score (nSPS) is 14.0. The summed E-state index contributed by atoms with van der Waals surface area (Å²) >= 11 is 0. The van der Waals surface area contributed by atoms with Crippen LogP contribution in [0.1, 0.15) is 0 Å². The molecule has 10 nitrogen and oxygen atoms in total. The molecule has 1 fully saturated rings. The van der Waals surface area contributed by atoms with Crippen molar-refractivity contribution < 1.29 is 36.5 Å². The lowest BCUT2D eigenvalue weighted by Crippen LogP contribution is -2.38. The van der Waals surface area contributed by atoms with Crippen LogP contribution in [0, 0.1) is 5.82 Å². The molecule has 12 heteroatoms. The van der Waals surface area contributed by atoms with Crippen molar-refractivity contribution in [2.24, 2.45) is 0 Å². The topological polar surface area (TPSA) is 108 Å². The number of benzene rings is 3. The molecular weight excluding hydrogens is 553 g/mol. The molecule has 0 bridgehead atoms. The first-order chi connectivity index (χ1) is 19.9. The molecule has 0 atom stereocenters. The number of para-hydroxylation sites is 1. The maximum absolute atomic E-state index is 15.1. The summed E-state index contributed by atoms with van der Waals surface area (Å²) in [4.78, 5) is 6.62. The van der Waals surface area contributed by atoms with Gasteiger partial charge in [0, 0.05) is 43.4 Å². The summed E-state index contributed by atoms with van der Waals surface area (Å²) in [7, 11) is -1.11. The van der Waals surface area contributed by atoms with Crippen LogP contribution in [0.5, 0.6) is 28.7 Å². The van der Waals surface area contributed by atoms with Gasteiger partial charge < -0.3 is 23.7 Å². The molecule has 0 aliphatic carbocycles. The highest BCUT2D eigenvalue weighted by Gasteiger charge is 2.20. The third-order valence-electron chi connectivity index (χ3n) is 6.52. The SMILES string of the molecule is COc1cc2c(Oc3ccc(NS(=O)(=O)c4ccccc4OC)cc3F)ccnc2cc1OCCN1CCOCC1. The van der Waals surface area contributed by atoms with Crippen LogP contribution in [0.2, 0.25) is 0 Å². The number of sulfonamides is 1. The molecule has 3 aromatic carbocycles. The molecule has 0 saturated carbocycles. The van der Waals surface area contributed by atoms with E-state index in [2.05, 4.69) is 14.6 Å². The first kappa shape index (κ1) is 28.4. The molecule has 1 aliphatic heterocycles. The van der Waals surface area contributed by atoms with Gasteiger partial charge in [0.2, 0.25) is 0 Å². The van der Waals surface area contributed by atoms with E-state index < -0.39 is 15.8 Å². The number of halogens is 1. The van der Waals surface area contributed by atoms with Crippen LogP contribution < -0.4 is 23.7 Å². The van der Waals surface area contributed by atoms with Crippen molar-refractivity contribution in [1.29, 1.82) is 0 Å². The van der Waals surface area contributed by atoms with E-state index in [0.717, 1.165) is 25.7 Å². The summed E-state index contributed by atoms with van der Waals surface area (Å²) in [5, 5.41) is 0.588. The maximum Gasteiger partial charge on any atom is 0.265 e. The van der Waals surface area contributed by atoms with Gasteiger partial charge in [0.25, 0.3) is 10.0 Å². The van der Waals surface area contributed by atoms with Crippen LogP contribution in [0.15, 0.2) is 71.8 Å². The van der Waals surface area contributed by atoms with E-state index in [9.17, 15) is 8.42 Å². The van der Waals surface area contributed by atoms with Crippen molar-refractivity contribution in [3.8, 4) is 28.7 Å². The molecule has 4 aromatic rings. The second-order valence-electron chi connectivity index (χ2n) is 9.14. The molecule has 1 saturated heterocycles. The van der Waals surface area contributed by atoms with Gasteiger partial charge in [-0.2, -0.15) is 0 Å². The highest BCUT2D eigenvalue weighted by Crippen LogP contribution is 2.38. The van der Waals surface area contributed by atoms with Crippen LogP contribution in [-0.4, -0.2) is 72.0 Å². The lowest BCUT2D eigenvalue weighted by atomic mass is 10.1. The molecular formula is C29H30FN3O7S. The zero-order valence-electron chi connectivity index (χ0n) is 22.6. The first-order valence-electron chi connectivity index (χ1n) is 12.9. The Morgan fingerprint density at radius 1 is 0.927 bits per heavy atom. The van der Waals surface area contributed by atoms with Crippen molar-refractivity contribution >= 4 is 26.6 Å². The van der Waals surface area contributed by atoms with Crippen LogP contribution >= 0.6 is 0 Å². The number of fused-ring (bicyclic) bond motifs is 1. The molecule has 0 radical (unpaired) electrons. The van der Waals surface area contributed by atoms with Gasteiger partial charge in [-0.15, -0.1) is 0 Å². The summed E-state index contributed by atoms with van der Waals surface area (Å²) in [5.41, 5.74) is 0.604. The van der Waals surface area contributed by atoms with E-state index in [0.29, 0.717) is 48.0 Å². The number of aromatic nitrogens is 1. The van der Waals surface area contributed by atoms with Gasteiger partial charge in [-0.25, -0.2) is 12.8 Å². The number of methoxy groups -OCH3 is 2. The van der Waals surface area contributed by atoms with Crippen molar-refractivity contribution in [2.75, 3.05) is 58.4 Å². The summed E-state index contributed by atoms with van der Waals surface area (Å²) in [6, 6.07) is 15.1. The molecule has 5 rings (SSSR count). The van der Waals surface area contributed by atoms with Gasteiger partial charge >= 0.3 is 0 Å². The lowest BCUT2D eigenvalue weighted by molar-refractivity contribution is 0.0321. The molecule has 216 valence electrons. The van der Waals surface area contributed by atoms with Crippen molar-refractivity contribution in [2.45, 2.75) is 4.90 Å². The van der Waals surface area contributed by atoms with E-state index in [1.54, 1.807) is 36.5 Å². The second kappa shape index (κ2) is 12.6. The number of nitrogens with one attached hydrogen (secondary N) is 1. The number of anilines is 1. The van der Waals surface area contributed by atoms with Crippen LogP contribution in [0.4, 0.5) is 10.1 Å². The predicted molar refractivity (Wildman–Crippen MR) is 151 cm³/mol. The quantitative estimate of drug-likeness (QED) is 0.269. The van der Waals surface area contributed by atoms with Crippen LogP contribution in [0.3, 0.4) is 0 Å². The first-order valence-corrected chi connectivity index (χ1v) is 14.4. The van der Waals surface area contributed by atoms with Gasteiger partial charge in [-0.05, 0) is 36.4 Å². The number of pyridine rings is 1. The average molecular weight is 584 g/mol. The standard InChI is InChI=1S/C29H30FN3O7S/c1-36-26-5-3-4-6-29(26)41(34,35)32-20-7-8-25(22(30)17-20)40-24-9-10-31-23-19-28(27(37-2)18-21(23)24)39-16-13-33-11-14-38-15-12-33/h3-10,17-19,32H,11-16H2,1-2H3. The molecule has 0 amide bonds. The van der Waals surface area contributed by atoms with Crippen LogP contribution in [0.25, 0.3) is 10.9 Å². The molecule has 0 unspecified atom stereocenters. The largest absolute Gasteiger partial charge is 0.495 e. The Morgan fingerprint density at radius 2 is 1.71 bits per heavy atom. The number of nitrogens with zero attached hydrogens (tertiary/aromatic N) is 2. The van der Waals surface area contributed by atoms with Gasteiger partial charge in [0.05, 0.1) is 38.6 Å². The van der Waals surface area contributed by atoms with Gasteiger partial charge in [-0.1, -0.05) is 12.1 Å². The molecule has 0 spiro atoms. The number of morpholine rings is 1. The van der Waals surface area contributed by atoms with Crippen molar-refractivity contribution in [3.05, 3.63) is 72.7 Å². The van der Waals surface area contributed by atoms with E-state index in [1.807, 2.05) is 0 Å². The average Bonchev–Trinajstić information content (AvgIpc) is 2.98.